The summed E-state index contributed by atoms with van der Waals surface area (Å²) in [5.41, 5.74) is 3.01. The highest BCUT2D eigenvalue weighted by Crippen LogP contribution is 2.36. The molecule has 4 heteroatoms. The molecule has 1 atom stereocenters. The number of thiophene rings is 1. The van der Waals surface area contributed by atoms with E-state index in [2.05, 4.69) is 34.5 Å². The van der Waals surface area contributed by atoms with E-state index in [0.29, 0.717) is 12.1 Å². The fraction of sp³-hybridized carbons (Fsp3) is 0.211. The van der Waals surface area contributed by atoms with Crippen LogP contribution in [0.3, 0.4) is 0 Å². The highest BCUT2D eigenvalue weighted by Gasteiger charge is 2.28. The van der Waals surface area contributed by atoms with E-state index in [4.69, 9.17) is 5.26 Å². The fourth-order valence-corrected chi connectivity index (χ4v) is 4.26. The van der Waals surface area contributed by atoms with Crippen molar-refractivity contribution in [2.75, 3.05) is 13.6 Å². The first-order chi connectivity index (χ1) is 11.2. The van der Waals surface area contributed by atoms with Gasteiger partial charge in [0.15, 0.2) is 0 Å². The molecule has 4 rings (SSSR count). The summed E-state index contributed by atoms with van der Waals surface area (Å²) in [4.78, 5) is 2.12. The van der Waals surface area contributed by atoms with Gasteiger partial charge in [-0.2, -0.15) is 5.26 Å². The third-order valence-corrected chi connectivity index (χ3v) is 5.46. The quantitative estimate of drug-likeness (QED) is 0.660. The summed E-state index contributed by atoms with van der Waals surface area (Å²) >= 11 is 1.73. The fourth-order valence-electron chi connectivity index (χ4n) is 3.43. The number of likely N-dealkylation sites (N-methyl/N-ethyl adjacent to an activating group) is 1. The minimum atomic E-state index is -0.362. The minimum Gasteiger partial charge on any atom is -0.301 e. The van der Waals surface area contributed by atoms with Gasteiger partial charge >= 0.3 is 0 Å². The predicted molar refractivity (Wildman–Crippen MR) is 91.1 cm³/mol. The molecule has 0 fully saturated rings. The molecule has 1 aliphatic rings. The SMILES string of the molecule is CN1Cc2c(ccc(C#N)c2F)C(c2ccc3ccsc3c2)C1. The lowest BCUT2D eigenvalue weighted by molar-refractivity contribution is 0.288. The molecular formula is C19H15FN2S. The van der Waals surface area contributed by atoms with Crippen LogP contribution in [0.15, 0.2) is 41.8 Å². The Morgan fingerprint density at radius 1 is 1.26 bits per heavy atom. The molecule has 0 spiro atoms. The summed E-state index contributed by atoms with van der Waals surface area (Å²) < 4.78 is 15.8. The van der Waals surface area contributed by atoms with Crippen molar-refractivity contribution < 1.29 is 4.39 Å². The number of hydrogen-bond donors (Lipinski definition) is 0. The van der Waals surface area contributed by atoms with Crippen molar-refractivity contribution in [1.29, 1.82) is 5.26 Å². The van der Waals surface area contributed by atoms with Gasteiger partial charge < -0.3 is 4.90 Å². The predicted octanol–water partition coefficient (Wildman–Crippen LogP) is 4.49. The van der Waals surface area contributed by atoms with Gasteiger partial charge in [-0.15, -0.1) is 11.3 Å². The number of hydrogen-bond acceptors (Lipinski definition) is 3. The van der Waals surface area contributed by atoms with Crippen molar-refractivity contribution in [1.82, 2.24) is 4.90 Å². The molecular weight excluding hydrogens is 307 g/mol. The van der Waals surface area contributed by atoms with E-state index in [1.807, 2.05) is 19.2 Å². The third-order valence-electron chi connectivity index (χ3n) is 4.58. The number of fused-ring (bicyclic) bond motifs is 2. The Morgan fingerprint density at radius 2 is 2.13 bits per heavy atom. The minimum absolute atomic E-state index is 0.131. The largest absolute Gasteiger partial charge is 0.301 e. The van der Waals surface area contributed by atoms with Gasteiger partial charge in [0, 0.05) is 29.3 Å². The van der Waals surface area contributed by atoms with Gasteiger partial charge in [-0.1, -0.05) is 18.2 Å². The molecule has 2 aromatic carbocycles. The van der Waals surface area contributed by atoms with Crippen LogP contribution in [-0.4, -0.2) is 18.5 Å². The zero-order chi connectivity index (χ0) is 16.0. The molecule has 114 valence electrons. The van der Waals surface area contributed by atoms with E-state index < -0.39 is 0 Å². The van der Waals surface area contributed by atoms with Gasteiger partial charge in [-0.3, -0.25) is 0 Å². The summed E-state index contributed by atoms with van der Waals surface area (Å²) in [6.07, 6.45) is 0. The smallest absolute Gasteiger partial charge is 0.145 e. The van der Waals surface area contributed by atoms with Crippen LogP contribution in [0.1, 0.15) is 28.2 Å². The lowest BCUT2D eigenvalue weighted by atomic mass is 9.83. The van der Waals surface area contributed by atoms with Crippen molar-refractivity contribution in [3.63, 3.8) is 0 Å². The van der Waals surface area contributed by atoms with E-state index in [0.717, 1.165) is 12.1 Å². The maximum atomic E-state index is 14.6. The summed E-state index contributed by atoms with van der Waals surface area (Å²) in [5.74, 6) is -0.226. The van der Waals surface area contributed by atoms with E-state index in [-0.39, 0.29) is 17.3 Å². The number of halogens is 1. The highest BCUT2D eigenvalue weighted by molar-refractivity contribution is 7.17. The first kappa shape index (κ1) is 14.4. The molecule has 1 unspecified atom stereocenters. The van der Waals surface area contributed by atoms with E-state index in [1.165, 1.54) is 15.6 Å². The Balaban J connectivity index is 1.87. The summed E-state index contributed by atoms with van der Waals surface area (Å²) in [5, 5.41) is 12.4. The van der Waals surface area contributed by atoms with E-state index >= 15 is 0 Å². The monoisotopic (exact) mass is 322 g/mol. The molecule has 0 aliphatic carbocycles. The topological polar surface area (TPSA) is 27.0 Å². The normalized spacial score (nSPS) is 17.9. The standard InChI is InChI=1S/C19H15FN2S/c1-22-10-16(13-3-2-12-6-7-23-18(12)8-13)15-5-4-14(9-21)19(20)17(15)11-22/h2-8,16H,10-11H2,1H3. The Kier molecular flexibility index (Phi) is 3.41. The molecule has 0 amide bonds. The average Bonchev–Trinajstić information content (AvgIpc) is 3.02. The first-order valence-electron chi connectivity index (χ1n) is 7.54. The molecule has 3 aromatic rings. The molecule has 2 heterocycles. The molecule has 0 N–H and O–H groups in total. The second kappa shape index (κ2) is 5.45. The molecule has 0 bridgehead atoms. The Bertz CT molecular complexity index is 938. The Morgan fingerprint density at radius 3 is 2.96 bits per heavy atom. The average molecular weight is 322 g/mol. The summed E-state index contributed by atoms with van der Waals surface area (Å²) in [6, 6.07) is 14.1. The molecule has 1 aromatic heterocycles. The molecule has 0 saturated heterocycles. The van der Waals surface area contributed by atoms with Gasteiger partial charge in [0.05, 0.1) is 5.56 Å². The molecule has 0 radical (unpaired) electrons. The first-order valence-corrected chi connectivity index (χ1v) is 8.42. The summed E-state index contributed by atoms with van der Waals surface area (Å²) in [7, 11) is 2.00. The lowest BCUT2D eigenvalue weighted by Gasteiger charge is -2.33. The van der Waals surface area contributed by atoms with Crippen LogP contribution in [0.5, 0.6) is 0 Å². The maximum Gasteiger partial charge on any atom is 0.145 e. The number of nitrogens with zero attached hydrogens (tertiary/aromatic N) is 2. The second-order valence-corrected chi connectivity index (χ2v) is 7.02. The van der Waals surface area contributed by atoms with E-state index in [1.54, 1.807) is 17.4 Å². The van der Waals surface area contributed by atoms with Crippen molar-refractivity contribution in [3.8, 4) is 6.07 Å². The van der Waals surface area contributed by atoms with Crippen LogP contribution in [-0.2, 0) is 6.54 Å². The van der Waals surface area contributed by atoms with Gasteiger partial charge in [0.1, 0.15) is 11.9 Å². The van der Waals surface area contributed by atoms with Crippen LogP contribution in [0.2, 0.25) is 0 Å². The van der Waals surface area contributed by atoms with Gasteiger partial charge in [0.25, 0.3) is 0 Å². The van der Waals surface area contributed by atoms with Crippen LogP contribution in [0, 0.1) is 17.1 Å². The van der Waals surface area contributed by atoms with Crippen LogP contribution >= 0.6 is 11.3 Å². The van der Waals surface area contributed by atoms with Crippen molar-refractivity contribution >= 4 is 21.4 Å². The van der Waals surface area contributed by atoms with Gasteiger partial charge in [0.2, 0.25) is 0 Å². The molecule has 2 nitrogen and oxygen atoms in total. The maximum absolute atomic E-state index is 14.6. The highest BCUT2D eigenvalue weighted by atomic mass is 32.1. The van der Waals surface area contributed by atoms with E-state index in [9.17, 15) is 4.39 Å². The molecule has 23 heavy (non-hydrogen) atoms. The summed E-state index contributed by atoms with van der Waals surface area (Å²) in [6.45, 7) is 1.41. The van der Waals surface area contributed by atoms with Crippen molar-refractivity contribution in [3.05, 3.63) is 69.8 Å². The number of benzene rings is 2. The number of nitriles is 1. The van der Waals surface area contributed by atoms with Gasteiger partial charge in [-0.25, -0.2) is 4.39 Å². The zero-order valence-electron chi connectivity index (χ0n) is 12.7. The Hall–Kier alpha value is -2.22. The lowest BCUT2D eigenvalue weighted by Crippen LogP contribution is -2.32. The van der Waals surface area contributed by atoms with Crippen molar-refractivity contribution in [2.45, 2.75) is 12.5 Å². The third kappa shape index (κ3) is 2.33. The van der Waals surface area contributed by atoms with Crippen molar-refractivity contribution in [2.24, 2.45) is 0 Å². The Labute approximate surface area is 138 Å². The zero-order valence-corrected chi connectivity index (χ0v) is 13.5. The molecule has 1 aliphatic heterocycles. The number of rotatable bonds is 1. The van der Waals surface area contributed by atoms with Crippen LogP contribution in [0.25, 0.3) is 10.1 Å². The van der Waals surface area contributed by atoms with Crippen LogP contribution in [0.4, 0.5) is 4.39 Å². The molecule has 0 saturated carbocycles. The van der Waals surface area contributed by atoms with Gasteiger partial charge in [-0.05, 0) is 47.1 Å². The second-order valence-electron chi connectivity index (χ2n) is 6.07. The van der Waals surface area contributed by atoms with Crippen LogP contribution < -0.4 is 0 Å².